The van der Waals surface area contributed by atoms with Crippen molar-refractivity contribution in [3.63, 3.8) is 0 Å². The van der Waals surface area contributed by atoms with Gasteiger partial charge in [0.1, 0.15) is 5.82 Å². The molecule has 98 valence electrons. The molecule has 4 fully saturated rings. The van der Waals surface area contributed by atoms with E-state index in [-0.39, 0.29) is 6.04 Å². The molecule has 0 aliphatic heterocycles. The zero-order valence-electron chi connectivity index (χ0n) is 11.2. The second-order valence-corrected chi connectivity index (χ2v) is 7.17. The number of aromatic nitrogens is 2. The summed E-state index contributed by atoms with van der Waals surface area (Å²) in [6.07, 6.45) is 10.5. The predicted molar refractivity (Wildman–Crippen MR) is 71.0 cm³/mol. The van der Waals surface area contributed by atoms with Crippen LogP contribution < -0.4 is 5.73 Å². The van der Waals surface area contributed by atoms with Crippen LogP contribution in [-0.2, 0) is 5.41 Å². The Bertz CT molecular complexity index is 425. The van der Waals surface area contributed by atoms with Gasteiger partial charge < -0.3 is 10.7 Å². The summed E-state index contributed by atoms with van der Waals surface area (Å²) < 4.78 is 0. The minimum atomic E-state index is 0.0696. The van der Waals surface area contributed by atoms with Gasteiger partial charge in [0.2, 0.25) is 0 Å². The number of nitrogens with two attached hydrogens (primary N) is 1. The van der Waals surface area contributed by atoms with Crippen molar-refractivity contribution in [2.75, 3.05) is 0 Å². The Balaban J connectivity index is 1.70. The summed E-state index contributed by atoms with van der Waals surface area (Å²) in [6, 6.07) is 0.0696. The molecule has 0 saturated heterocycles. The minimum absolute atomic E-state index is 0.0696. The third-order valence-electron chi connectivity index (χ3n) is 5.63. The molecular formula is C15H23N3. The molecule has 3 N–H and O–H groups in total. The molecule has 1 aromatic rings. The van der Waals surface area contributed by atoms with Crippen LogP contribution in [-0.4, -0.2) is 9.97 Å². The third kappa shape index (κ3) is 1.49. The van der Waals surface area contributed by atoms with Gasteiger partial charge in [0.05, 0.1) is 5.69 Å². The van der Waals surface area contributed by atoms with E-state index >= 15 is 0 Å². The maximum Gasteiger partial charge on any atom is 0.112 e. The largest absolute Gasteiger partial charge is 0.344 e. The van der Waals surface area contributed by atoms with Crippen molar-refractivity contribution in [1.82, 2.24) is 9.97 Å². The highest BCUT2D eigenvalue weighted by atomic mass is 15.0. The smallest absolute Gasteiger partial charge is 0.112 e. The van der Waals surface area contributed by atoms with Crippen LogP contribution in [0.1, 0.15) is 63.0 Å². The molecular weight excluding hydrogens is 222 g/mol. The van der Waals surface area contributed by atoms with Gasteiger partial charge in [-0.3, -0.25) is 0 Å². The molecule has 4 bridgehead atoms. The van der Waals surface area contributed by atoms with Crippen molar-refractivity contribution >= 4 is 0 Å². The van der Waals surface area contributed by atoms with Gasteiger partial charge in [0.15, 0.2) is 0 Å². The first-order valence-corrected chi connectivity index (χ1v) is 7.45. The van der Waals surface area contributed by atoms with Crippen LogP contribution in [0.3, 0.4) is 0 Å². The van der Waals surface area contributed by atoms with Gasteiger partial charge >= 0.3 is 0 Å². The second kappa shape index (κ2) is 3.60. The fourth-order valence-corrected chi connectivity index (χ4v) is 5.24. The summed E-state index contributed by atoms with van der Waals surface area (Å²) in [5.74, 6) is 4.16. The quantitative estimate of drug-likeness (QED) is 0.841. The lowest BCUT2D eigenvalue weighted by Gasteiger charge is -2.56. The molecule has 5 rings (SSSR count). The van der Waals surface area contributed by atoms with Gasteiger partial charge in [-0.15, -0.1) is 0 Å². The Kier molecular flexibility index (Phi) is 2.20. The van der Waals surface area contributed by atoms with E-state index in [0.717, 1.165) is 23.4 Å². The molecule has 1 atom stereocenters. The van der Waals surface area contributed by atoms with Crippen LogP contribution in [0.25, 0.3) is 0 Å². The standard InChI is InChI=1S/C15H23N3/c1-9(16)13-8-17-14(18-13)15-5-10-2-11(6-15)4-12(3-10)7-15/h8-12H,2-7,16H2,1H3,(H,17,18). The van der Waals surface area contributed by atoms with E-state index in [0.29, 0.717) is 5.41 Å². The summed E-state index contributed by atoms with van der Waals surface area (Å²) in [6.45, 7) is 2.02. The Labute approximate surface area is 109 Å². The lowest BCUT2D eigenvalue weighted by atomic mass is 9.49. The minimum Gasteiger partial charge on any atom is -0.344 e. The number of imidazole rings is 1. The maximum absolute atomic E-state index is 5.95. The normalized spacial score (nSPS) is 43.3. The van der Waals surface area contributed by atoms with Gasteiger partial charge in [-0.05, 0) is 63.2 Å². The van der Waals surface area contributed by atoms with Crippen molar-refractivity contribution in [3.05, 3.63) is 17.7 Å². The number of nitrogens with one attached hydrogen (secondary N) is 1. The number of aromatic amines is 1. The molecule has 3 heteroatoms. The van der Waals surface area contributed by atoms with Crippen molar-refractivity contribution < 1.29 is 0 Å². The highest BCUT2D eigenvalue weighted by Crippen LogP contribution is 2.60. The first-order chi connectivity index (χ1) is 8.64. The Hall–Kier alpha value is -0.830. The molecule has 0 radical (unpaired) electrons. The first kappa shape index (κ1) is 11.0. The van der Waals surface area contributed by atoms with Gasteiger partial charge in [-0.1, -0.05) is 0 Å². The van der Waals surface area contributed by atoms with Crippen LogP contribution in [0.15, 0.2) is 6.20 Å². The molecule has 1 heterocycles. The van der Waals surface area contributed by atoms with E-state index in [1.807, 2.05) is 13.1 Å². The molecule has 18 heavy (non-hydrogen) atoms. The molecule has 4 saturated carbocycles. The first-order valence-electron chi connectivity index (χ1n) is 7.45. The lowest BCUT2D eigenvalue weighted by Crippen LogP contribution is -2.49. The van der Waals surface area contributed by atoms with Crippen molar-refractivity contribution in [2.24, 2.45) is 23.5 Å². The monoisotopic (exact) mass is 245 g/mol. The van der Waals surface area contributed by atoms with Gasteiger partial charge in [0.25, 0.3) is 0 Å². The molecule has 3 nitrogen and oxygen atoms in total. The summed E-state index contributed by atoms with van der Waals surface area (Å²) in [5, 5.41) is 0. The average molecular weight is 245 g/mol. The van der Waals surface area contributed by atoms with Crippen LogP contribution in [0.2, 0.25) is 0 Å². The predicted octanol–water partition coefficient (Wildman–Crippen LogP) is 2.90. The van der Waals surface area contributed by atoms with Crippen molar-refractivity contribution in [2.45, 2.75) is 56.9 Å². The van der Waals surface area contributed by atoms with Crippen molar-refractivity contribution in [3.8, 4) is 0 Å². The zero-order chi connectivity index (χ0) is 12.3. The SMILES string of the molecule is CC(N)c1cnc(C23CC4CC(CC(C4)C2)C3)[nH]1. The fourth-order valence-electron chi connectivity index (χ4n) is 5.24. The zero-order valence-corrected chi connectivity index (χ0v) is 11.2. The molecule has 1 unspecified atom stereocenters. The van der Waals surface area contributed by atoms with Crippen LogP contribution in [0.4, 0.5) is 0 Å². The van der Waals surface area contributed by atoms with E-state index in [2.05, 4.69) is 4.98 Å². The number of hydrogen-bond acceptors (Lipinski definition) is 2. The third-order valence-corrected chi connectivity index (χ3v) is 5.63. The second-order valence-electron chi connectivity index (χ2n) is 7.17. The van der Waals surface area contributed by atoms with E-state index in [9.17, 15) is 0 Å². The molecule has 0 spiro atoms. The summed E-state index contributed by atoms with van der Waals surface area (Å²) >= 11 is 0. The average Bonchev–Trinajstić information content (AvgIpc) is 2.76. The van der Waals surface area contributed by atoms with Crippen LogP contribution in [0, 0.1) is 17.8 Å². The number of hydrogen-bond donors (Lipinski definition) is 2. The van der Waals surface area contributed by atoms with Crippen molar-refractivity contribution in [1.29, 1.82) is 0 Å². The highest BCUT2D eigenvalue weighted by Gasteiger charge is 2.52. The highest BCUT2D eigenvalue weighted by molar-refractivity contribution is 5.20. The Morgan fingerprint density at radius 3 is 2.22 bits per heavy atom. The molecule has 0 aromatic carbocycles. The van der Waals surface area contributed by atoms with E-state index in [1.165, 1.54) is 44.3 Å². The lowest BCUT2D eigenvalue weighted by molar-refractivity contribution is -0.00906. The Morgan fingerprint density at radius 1 is 1.22 bits per heavy atom. The topological polar surface area (TPSA) is 54.7 Å². The van der Waals surface area contributed by atoms with Gasteiger partial charge in [-0.2, -0.15) is 0 Å². The van der Waals surface area contributed by atoms with E-state index in [1.54, 1.807) is 0 Å². The Morgan fingerprint density at radius 2 is 1.78 bits per heavy atom. The number of nitrogens with zero attached hydrogens (tertiary/aromatic N) is 1. The summed E-state index contributed by atoms with van der Waals surface area (Å²) in [7, 11) is 0. The number of H-pyrrole nitrogens is 1. The summed E-state index contributed by atoms with van der Waals surface area (Å²) in [5.41, 5.74) is 7.42. The molecule has 1 aromatic heterocycles. The maximum atomic E-state index is 5.95. The van der Waals surface area contributed by atoms with Crippen LogP contribution in [0.5, 0.6) is 0 Å². The van der Waals surface area contributed by atoms with Gasteiger partial charge in [-0.25, -0.2) is 4.98 Å². The van der Waals surface area contributed by atoms with Crippen LogP contribution >= 0.6 is 0 Å². The molecule has 4 aliphatic carbocycles. The van der Waals surface area contributed by atoms with Gasteiger partial charge in [0, 0.05) is 17.7 Å². The van der Waals surface area contributed by atoms with E-state index in [4.69, 9.17) is 10.7 Å². The van der Waals surface area contributed by atoms with E-state index < -0.39 is 0 Å². The molecule has 0 amide bonds. The number of rotatable bonds is 2. The molecule has 4 aliphatic rings. The summed E-state index contributed by atoms with van der Waals surface area (Å²) in [4.78, 5) is 8.23. The fraction of sp³-hybridized carbons (Fsp3) is 0.800.